The Kier molecular flexibility index (Phi) is 11.9. The molecule has 0 aromatic heterocycles. The highest BCUT2D eigenvalue weighted by atomic mass is 127. The number of carbonyl (C=O) groups excluding carboxylic acids is 1. The zero-order valence-electron chi connectivity index (χ0n) is 18.2. The van der Waals surface area contributed by atoms with Crippen molar-refractivity contribution in [3.63, 3.8) is 0 Å². The summed E-state index contributed by atoms with van der Waals surface area (Å²) >= 11 is 0. The number of nitrogens with zero attached hydrogens (tertiary/aromatic N) is 1. The van der Waals surface area contributed by atoms with Crippen LogP contribution in [-0.4, -0.2) is 31.1 Å². The van der Waals surface area contributed by atoms with Crippen molar-refractivity contribution in [2.24, 2.45) is 4.99 Å². The van der Waals surface area contributed by atoms with E-state index in [4.69, 9.17) is 0 Å². The lowest BCUT2D eigenvalue weighted by molar-refractivity contribution is 0.250. The van der Waals surface area contributed by atoms with Gasteiger partial charge in [-0.3, -0.25) is 4.99 Å². The molecule has 2 rings (SSSR count). The summed E-state index contributed by atoms with van der Waals surface area (Å²) in [6.45, 7) is 6.68. The maximum atomic E-state index is 11.7. The second-order valence-electron chi connectivity index (χ2n) is 7.45. The highest BCUT2D eigenvalue weighted by Gasteiger charge is 2.07. The summed E-state index contributed by atoms with van der Waals surface area (Å²) in [5.41, 5.74) is 3.23. The molecule has 30 heavy (non-hydrogen) atoms. The molecule has 0 bridgehead atoms. The molecular formula is C23H34IN5O. The monoisotopic (exact) mass is 523 g/mol. The minimum Gasteiger partial charge on any atom is -0.354 e. The minimum atomic E-state index is -0.194. The smallest absolute Gasteiger partial charge is 0.319 e. The lowest BCUT2D eigenvalue weighted by atomic mass is 10.1. The number of amides is 2. The Hall–Kier alpha value is -2.29. The quantitative estimate of drug-likeness (QED) is 0.234. The lowest BCUT2D eigenvalue weighted by Gasteiger charge is -2.18. The van der Waals surface area contributed by atoms with Gasteiger partial charge in [0.25, 0.3) is 0 Å². The number of nitrogens with one attached hydrogen (secondary N) is 4. The topological polar surface area (TPSA) is 77.5 Å². The SMILES string of the molecule is CN=C(NCc1ccc(NC(=O)NC(C)C)cc1)NC(C)CCc1ccccc1.I. The fourth-order valence-corrected chi connectivity index (χ4v) is 2.85. The summed E-state index contributed by atoms with van der Waals surface area (Å²) in [6.07, 6.45) is 2.06. The molecule has 2 aromatic carbocycles. The number of aliphatic imine (C=N–C) groups is 1. The van der Waals surface area contributed by atoms with Gasteiger partial charge >= 0.3 is 6.03 Å². The predicted octanol–water partition coefficient (Wildman–Crippen LogP) is 4.52. The van der Waals surface area contributed by atoms with E-state index in [0.717, 1.165) is 30.1 Å². The number of guanidine groups is 1. The van der Waals surface area contributed by atoms with E-state index in [1.165, 1.54) is 5.56 Å². The molecule has 0 spiro atoms. The lowest BCUT2D eigenvalue weighted by Crippen LogP contribution is -2.42. The van der Waals surface area contributed by atoms with Crippen molar-refractivity contribution >= 4 is 41.7 Å². The average Bonchev–Trinajstić information content (AvgIpc) is 2.70. The van der Waals surface area contributed by atoms with Gasteiger partial charge in [-0.1, -0.05) is 42.5 Å². The first-order chi connectivity index (χ1) is 14.0. The zero-order chi connectivity index (χ0) is 21.1. The molecule has 1 atom stereocenters. The second-order valence-corrected chi connectivity index (χ2v) is 7.45. The first-order valence-corrected chi connectivity index (χ1v) is 10.1. The van der Waals surface area contributed by atoms with Crippen LogP contribution in [0.15, 0.2) is 59.6 Å². The highest BCUT2D eigenvalue weighted by molar-refractivity contribution is 14.0. The molecule has 4 N–H and O–H groups in total. The fourth-order valence-electron chi connectivity index (χ4n) is 2.85. The average molecular weight is 523 g/mol. The van der Waals surface area contributed by atoms with E-state index in [0.29, 0.717) is 12.6 Å². The highest BCUT2D eigenvalue weighted by Crippen LogP contribution is 2.09. The molecule has 7 heteroatoms. The first-order valence-electron chi connectivity index (χ1n) is 10.1. The van der Waals surface area contributed by atoms with Crippen LogP contribution in [0.25, 0.3) is 0 Å². The van der Waals surface area contributed by atoms with Gasteiger partial charge in [-0.05, 0) is 56.9 Å². The Morgan fingerprint density at radius 3 is 2.20 bits per heavy atom. The van der Waals surface area contributed by atoms with Gasteiger partial charge < -0.3 is 21.3 Å². The normalized spacial score (nSPS) is 12.0. The van der Waals surface area contributed by atoms with Gasteiger partial charge in [0.15, 0.2) is 5.96 Å². The van der Waals surface area contributed by atoms with Crippen LogP contribution in [-0.2, 0) is 13.0 Å². The van der Waals surface area contributed by atoms with E-state index in [9.17, 15) is 4.79 Å². The van der Waals surface area contributed by atoms with Crippen LogP contribution in [0.3, 0.4) is 0 Å². The maximum Gasteiger partial charge on any atom is 0.319 e. The number of urea groups is 1. The van der Waals surface area contributed by atoms with Crippen LogP contribution in [0.2, 0.25) is 0 Å². The molecule has 2 amide bonds. The Morgan fingerprint density at radius 2 is 1.60 bits per heavy atom. The first kappa shape index (κ1) is 25.7. The van der Waals surface area contributed by atoms with Crippen molar-refractivity contribution in [3.05, 3.63) is 65.7 Å². The number of hydrogen-bond donors (Lipinski definition) is 4. The van der Waals surface area contributed by atoms with Gasteiger partial charge in [0.1, 0.15) is 0 Å². The largest absolute Gasteiger partial charge is 0.354 e. The van der Waals surface area contributed by atoms with E-state index >= 15 is 0 Å². The third-order valence-electron chi connectivity index (χ3n) is 4.41. The van der Waals surface area contributed by atoms with Crippen molar-refractivity contribution in [1.82, 2.24) is 16.0 Å². The fraction of sp³-hybridized carbons (Fsp3) is 0.391. The number of rotatable bonds is 8. The van der Waals surface area contributed by atoms with E-state index in [1.807, 2.05) is 44.2 Å². The van der Waals surface area contributed by atoms with E-state index in [1.54, 1.807) is 7.05 Å². The summed E-state index contributed by atoms with van der Waals surface area (Å²) in [7, 11) is 1.78. The van der Waals surface area contributed by atoms with Crippen molar-refractivity contribution < 1.29 is 4.79 Å². The van der Waals surface area contributed by atoms with Crippen LogP contribution < -0.4 is 21.3 Å². The molecule has 0 aliphatic heterocycles. The Morgan fingerprint density at radius 1 is 0.933 bits per heavy atom. The molecule has 2 aromatic rings. The van der Waals surface area contributed by atoms with Crippen LogP contribution in [0.1, 0.15) is 38.3 Å². The van der Waals surface area contributed by atoms with Crippen LogP contribution >= 0.6 is 24.0 Å². The number of carbonyl (C=O) groups is 1. The summed E-state index contributed by atoms with van der Waals surface area (Å²) in [6, 6.07) is 18.5. The number of benzene rings is 2. The molecule has 0 aliphatic carbocycles. The van der Waals surface area contributed by atoms with Crippen LogP contribution in [0.4, 0.5) is 10.5 Å². The summed E-state index contributed by atoms with van der Waals surface area (Å²) < 4.78 is 0. The predicted molar refractivity (Wildman–Crippen MR) is 137 cm³/mol. The minimum absolute atomic E-state index is 0. The Labute approximate surface area is 197 Å². The number of halogens is 1. The standard InChI is InChI=1S/C23H33N5O.HI/c1-17(2)26-23(29)28-21-14-12-20(13-15-21)16-25-22(24-4)27-18(3)10-11-19-8-6-5-7-9-19;/h5-9,12-15,17-18H,10-11,16H2,1-4H3,(H2,24,25,27)(H2,26,28,29);1H. The molecule has 0 aliphatic rings. The van der Waals surface area contributed by atoms with Gasteiger partial charge in [0.2, 0.25) is 0 Å². The molecule has 6 nitrogen and oxygen atoms in total. The van der Waals surface area contributed by atoms with Gasteiger partial charge in [0.05, 0.1) is 0 Å². The van der Waals surface area contributed by atoms with Crippen molar-refractivity contribution in [3.8, 4) is 0 Å². The van der Waals surface area contributed by atoms with Gasteiger partial charge in [-0.2, -0.15) is 0 Å². The van der Waals surface area contributed by atoms with Gasteiger partial charge in [-0.25, -0.2) is 4.79 Å². The molecule has 0 saturated carbocycles. The Bertz CT molecular complexity index is 778. The second kappa shape index (κ2) is 13.8. The third kappa shape index (κ3) is 9.96. The zero-order valence-corrected chi connectivity index (χ0v) is 20.6. The van der Waals surface area contributed by atoms with Gasteiger partial charge in [0, 0.05) is 31.4 Å². The molecule has 1 unspecified atom stereocenters. The maximum absolute atomic E-state index is 11.7. The van der Waals surface area contributed by atoms with E-state index < -0.39 is 0 Å². The van der Waals surface area contributed by atoms with Crippen LogP contribution in [0, 0.1) is 0 Å². The number of anilines is 1. The molecule has 0 radical (unpaired) electrons. The molecule has 0 fully saturated rings. The third-order valence-corrected chi connectivity index (χ3v) is 4.41. The molecule has 164 valence electrons. The van der Waals surface area contributed by atoms with E-state index in [2.05, 4.69) is 57.4 Å². The summed E-state index contributed by atoms with van der Waals surface area (Å²) in [5, 5.41) is 12.4. The van der Waals surface area contributed by atoms with Gasteiger partial charge in [-0.15, -0.1) is 24.0 Å². The summed E-state index contributed by atoms with van der Waals surface area (Å²) in [4.78, 5) is 16.1. The number of hydrogen-bond acceptors (Lipinski definition) is 2. The molecular weight excluding hydrogens is 489 g/mol. The van der Waals surface area contributed by atoms with Crippen LogP contribution in [0.5, 0.6) is 0 Å². The summed E-state index contributed by atoms with van der Waals surface area (Å²) in [5.74, 6) is 0.782. The number of aryl methyl sites for hydroxylation is 1. The Balaban J connectivity index is 0.00000450. The van der Waals surface area contributed by atoms with Crippen molar-refractivity contribution in [1.29, 1.82) is 0 Å². The molecule has 0 heterocycles. The van der Waals surface area contributed by atoms with E-state index in [-0.39, 0.29) is 36.0 Å². The van der Waals surface area contributed by atoms with Crippen molar-refractivity contribution in [2.45, 2.75) is 52.2 Å². The molecule has 0 saturated heterocycles. The van der Waals surface area contributed by atoms with Crippen molar-refractivity contribution in [2.75, 3.05) is 12.4 Å².